The quantitative estimate of drug-likeness (QED) is 0.354. The molecule has 1 aromatic rings. The summed E-state index contributed by atoms with van der Waals surface area (Å²) in [6, 6.07) is 5.22. The van der Waals surface area contributed by atoms with E-state index in [0.717, 1.165) is 22.9 Å². The van der Waals surface area contributed by atoms with Crippen molar-refractivity contribution >= 4 is 28.0 Å². The molecule has 0 unspecified atom stereocenters. The van der Waals surface area contributed by atoms with Crippen LogP contribution in [0.4, 0.5) is 0 Å². The van der Waals surface area contributed by atoms with Crippen molar-refractivity contribution < 1.29 is 24.9 Å². The van der Waals surface area contributed by atoms with Crippen molar-refractivity contribution in [1.29, 1.82) is 0 Å². The fraction of sp³-hybridized carbons (Fsp3) is 0.476. The van der Waals surface area contributed by atoms with Crippen LogP contribution in [0.2, 0.25) is 0 Å². The standard InChI is InChI=1S/C21H29BrO5/c1-4-7-14(12-15-13-16(22)9-11-18(15)23)8-10-19(24)17(5-2)20(25)21(26)27-6-3/h5,9,11-13,17,19-20,23-25H,2,4,6-8,10H2,1,3H3/b14-12+/t17-,19-,20+/m1/s1. The zero-order valence-electron chi connectivity index (χ0n) is 15.9. The molecule has 3 atom stereocenters. The van der Waals surface area contributed by atoms with Gasteiger partial charge in [0.15, 0.2) is 6.10 Å². The van der Waals surface area contributed by atoms with Gasteiger partial charge in [-0.3, -0.25) is 0 Å². The average Bonchev–Trinajstić information content (AvgIpc) is 2.63. The summed E-state index contributed by atoms with van der Waals surface area (Å²) in [6.45, 7) is 7.49. The molecule has 150 valence electrons. The van der Waals surface area contributed by atoms with Gasteiger partial charge in [-0.15, -0.1) is 6.58 Å². The number of hydrogen-bond acceptors (Lipinski definition) is 5. The molecule has 1 rings (SSSR count). The van der Waals surface area contributed by atoms with Crippen molar-refractivity contribution in [3.05, 3.63) is 46.5 Å². The summed E-state index contributed by atoms with van der Waals surface area (Å²) in [6.07, 6.45) is 3.60. The Morgan fingerprint density at radius 2 is 2.00 bits per heavy atom. The number of rotatable bonds is 11. The Hall–Kier alpha value is -1.63. The smallest absolute Gasteiger partial charge is 0.335 e. The Kier molecular flexibility index (Phi) is 10.4. The van der Waals surface area contributed by atoms with Crippen molar-refractivity contribution in [2.45, 2.75) is 51.7 Å². The molecule has 0 amide bonds. The Bertz CT molecular complexity index is 656. The molecule has 0 aliphatic carbocycles. The molecule has 0 saturated carbocycles. The van der Waals surface area contributed by atoms with E-state index in [2.05, 4.69) is 29.4 Å². The molecule has 0 aliphatic rings. The van der Waals surface area contributed by atoms with E-state index in [4.69, 9.17) is 4.74 Å². The van der Waals surface area contributed by atoms with Gasteiger partial charge in [0.1, 0.15) is 5.75 Å². The number of phenols is 1. The van der Waals surface area contributed by atoms with Gasteiger partial charge in [0, 0.05) is 16.0 Å². The molecular weight excluding hydrogens is 412 g/mol. The van der Waals surface area contributed by atoms with Gasteiger partial charge in [-0.25, -0.2) is 4.79 Å². The van der Waals surface area contributed by atoms with Crippen LogP contribution in [-0.2, 0) is 9.53 Å². The maximum atomic E-state index is 11.7. The number of ether oxygens (including phenoxy) is 1. The number of aromatic hydroxyl groups is 1. The summed E-state index contributed by atoms with van der Waals surface area (Å²) in [5, 5.41) is 30.6. The number of phenolic OH excluding ortho intramolecular Hbond substituents is 1. The van der Waals surface area contributed by atoms with Crippen LogP contribution in [0.1, 0.15) is 45.1 Å². The van der Waals surface area contributed by atoms with Crippen molar-refractivity contribution in [1.82, 2.24) is 0 Å². The Morgan fingerprint density at radius 1 is 1.30 bits per heavy atom. The van der Waals surface area contributed by atoms with Crippen LogP contribution in [0, 0.1) is 5.92 Å². The van der Waals surface area contributed by atoms with Crippen LogP contribution < -0.4 is 0 Å². The second-order valence-electron chi connectivity index (χ2n) is 6.37. The predicted octanol–water partition coefficient (Wildman–Crippen LogP) is 4.21. The summed E-state index contributed by atoms with van der Waals surface area (Å²) in [5.41, 5.74) is 1.77. The molecule has 3 N–H and O–H groups in total. The summed E-state index contributed by atoms with van der Waals surface area (Å²) in [7, 11) is 0. The molecule has 0 fully saturated rings. The summed E-state index contributed by atoms with van der Waals surface area (Å²) in [4.78, 5) is 11.7. The third-order valence-electron chi connectivity index (χ3n) is 4.29. The highest BCUT2D eigenvalue weighted by atomic mass is 79.9. The zero-order chi connectivity index (χ0) is 20.4. The van der Waals surface area contributed by atoms with Crippen molar-refractivity contribution in [3.63, 3.8) is 0 Å². The molecule has 1 aromatic carbocycles. The summed E-state index contributed by atoms with van der Waals surface area (Å²) < 4.78 is 5.68. The number of benzene rings is 1. The van der Waals surface area contributed by atoms with Gasteiger partial charge >= 0.3 is 5.97 Å². The molecule has 0 heterocycles. The second kappa shape index (κ2) is 12.0. The van der Waals surface area contributed by atoms with Crippen molar-refractivity contribution in [2.24, 2.45) is 5.92 Å². The third kappa shape index (κ3) is 7.48. The van der Waals surface area contributed by atoms with Crippen LogP contribution in [0.15, 0.2) is 40.9 Å². The SMILES string of the molecule is C=C[C@H]([C@H](O)CC/C(=C/c1cc(Br)ccc1O)CCC)[C@H](O)C(=O)OCC. The number of carbonyl (C=O) groups excluding carboxylic acids is 1. The van der Waals surface area contributed by atoms with Gasteiger partial charge < -0.3 is 20.1 Å². The molecule has 0 spiro atoms. The molecular formula is C21H29BrO5. The Morgan fingerprint density at radius 3 is 2.59 bits per heavy atom. The number of allylic oxidation sites excluding steroid dienone is 1. The monoisotopic (exact) mass is 440 g/mol. The predicted molar refractivity (Wildman–Crippen MR) is 110 cm³/mol. The first-order chi connectivity index (χ1) is 12.8. The van der Waals surface area contributed by atoms with E-state index in [1.807, 2.05) is 12.1 Å². The zero-order valence-corrected chi connectivity index (χ0v) is 17.5. The van der Waals surface area contributed by atoms with Crippen LogP contribution in [0.25, 0.3) is 6.08 Å². The lowest BCUT2D eigenvalue weighted by Gasteiger charge is -2.24. The molecule has 27 heavy (non-hydrogen) atoms. The number of hydrogen-bond donors (Lipinski definition) is 3. The third-order valence-corrected chi connectivity index (χ3v) is 4.78. The van der Waals surface area contributed by atoms with Gasteiger partial charge in [0.25, 0.3) is 0 Å². The molecule has 0 aromatic heterocycles. The highest BCUT2D eigenvalue weighted by Crippen LogP contribution is 2.27. The first-order valence-electron chi connectivity index (χ1n) is 9.17. The lowest BCUT2D eigenvalue weighted by atomic mass is 9.90. The maximum absolute atomic E-state index is 11.7. The topological polar surface area (TPSA) is 87.0 Å². The van der Waals surface area contributed by atoms with Gasteiger partial charge in [0.2, 0.25) is 0 Å². The van der Waals surface area contributed by atoms with Crippen LogP contribution in [0.3, 0.4) is 0 Å². The van der Waals surface area contributed by atoms with E-state index in [-0.39, 0.29) is 12.4 Å². The Balaban J connectivity index is 2.85. The number of aliphatic hydroxyl groups excluding tert-OH is 2. The lowest BCUT2D eigenvalue weighted by molar-refractivity contribution is -0.157. The van der Waals surface area contributed by atoms with E-state index in [1.165, 1.54) is 6.08 Å². The minimum atomic E-state index is -1.44. The molecule has 6 heteroatoms. The molecule has 5 nitrogen and oxygen atoms in total. The highest BCUT2D eigenvalue weighted by molar-refractivity contribution is 9.10. The van der Waals surface area contributed by atoms with Crippen molar-refractivity contribution in [3.8, 4) is 5.75 Å². The summed E-state index contributed by atoms with van der Waals surface area (Å²) >= 11 is 3.39. The van der Waals surface area contributed by atoms with Gasteiger partial charge in [-0.05, 0) is 44.4 Å². The molecule has 0 saturated heterocycles. The molecule has 0 aliphatic heterocycles. The fourth-order valence-corrected chi connectivity index (χ4v) is 3.24. The van der Waals surface area contributed by atoms with Crippen LogP contribution in [-0.4, -0.2) is 40.1 Å². The normalized spacial score (nSPS) is 15.1. The minimum absolute atomic E-state index is 0.162. The highest BCUT2D eigenvalue weighted by Gasteiger charge is 2.30. The van der Waals surface area contributed by atoms with Crippen LogP contribution in [0.5, 0.6) is 5.75 Å². The van der Waals surface area contributed by atoms with Gasteiger partial charge in [-0.2, -0.15) is 0 Å². The second-order valence-corrected chi connectivity index (χ2v) is 7.29. The number of aliphatic hydroxyl groups is 2. The number of esters is 1. The number of halogens is 1. The van der Waals surface area contributed by atoms with E-state index < -0.39 is 24.1 Å². The molecule has 0 bridgehead atoms. The first kappa shape index (κ1) is 23.4. The van der Waals surface area contributed by atoms with E-state index in [0.29, 0.717) is 18.4 Å². The average molecular weight is 441 g/mol. The Labute approximate surface area is 169 Å². The van der Waals surface area contributed by atoms with Crippen LogP contribution >= 0.6 is 15.9 Å². The maximum Gasteiger partial charge on any atom is 0.335 e. The van der Waals surface area contributed by atoms with E-state index in [9.17, 15) is 20.1 Å². The molecule has 0 radical (unpaired) electrons. The largest absolute Gasteiger partial charge is 0.507 e. The summed E-state index contributed by atoms with van der Waals surface area (Å²) in [5.74, 6) is -1.37. The first-order valence-corrected chi connectivity index (χ1v) is 9.96. The van der Waals surface area contributed by atoms with Gasteiger partial charge in [-0.1, -0.05) is 47.0 Å². The van der Waals surface area contributed by atoms with Crippen molar-refractivity contribution in [2.75, 3.05) is 6.61 Å². The van der Waals surface area contributed by atoms with E-state index >= 15 is 0 Å². The van der Waals surface area contributed by atoms with Gasteiger partial charge in [0.05, 0.1) is 12.7 Å². The fourth-order valence-electron chi connectivity index (χ4n) is 2.86. The minimum Gasteiger partial charge on any atom is -0.507 e. The lowest BCUT2D eigenvalue weighted by Crippen LogP contribution is -2.37. The number of carbonyl (C=O) groups is 1. The van der Waals surface area contributed by atoms with E-state index in [1.54, 1.807) is 19.1 Å².